The number of nitrogens with zero attached hydrogens (tertiary/aromatic N) is 1. The Balaban J connectivity index is 1.12. The fraction of sp³-hybridized carbons (Fsp3) is 0.792. The molecule has 0 unspecified atom stereocenters. The van der Waals surface area contributed by atoms with Gasteiger partial charge in [-0.05, 0) is 148 Å². The van der Waals surface area contributed by atoms with Crippen LogP contribution in [0.25, 0.3) is 0 Å². The molecule has 9 nitrogen and oxygen atoms in total. The first kappa shape index (κ1) is 41.4. The number of aryl methyl sites for hydroxylation is 1. The van der Waals surface area contributed by atoms with Gasteiger partial charge in [0.2, 0.25) is 5.91 Å². The molecule has 5 aliphatic heterocycles. The average molecular weight is 850 g/mol. The Morgan fingerprint density at radius 3 is 2.53 bits per heavy atom. The Labute approximate surface area is 358 Å². The number of ether oxygens (including phenoxy) is 1. The van der Waals surface area contributed by atoms with Crippen LogP contribution >= 0.6 is 21.6 Å². The number of hydrogen-bond donors (Lipinski definition) is 5. The van der Waals surface area contributed by atoms with Crippen molar-refractivity contribution in [3.63, 3.8) is 0 Å². The van der Waals surface area contributed by atoms with Gasteiger partial charge in [0.05, 0.1) is 40.3 Å². The molecule has 324 valence electrons. The zero-order chi connectivity index (χ0) is 41.5. The first-order valence-corrected chi connectivity index (χ1v) is 25.7. The number of amides is 1. The number of anilines is 1. The van der Waals surface area contributed by atoms with Crippen molar-refractivity contribution in [1.82, 2.24) is 0 Å². The van der Waals surface area contributed by atoms with Crippen LogP contribution in [0.2, 0.25) is 0 Å². The van der Waals surface area contributed by atoms with E-state index in [4.69, 9.17) is 4.74 Å². The standard InChI is InChI=1S/C48H67NO8S2/c1-27(2)28(3)40-41(57-40)43(4,55)37-12-17-48(56)35-23-38(52)47-26-59-58-25-30-8-5-6-13-44(30)18-19-49(42(44)54)31-20-29(21-32(50)22-31)10-15-45(37,48)16-11-33(35)46(47)14-7-9-34(47)39(53)36(51)24-46/h20-23,27-28,30,33-34,36-37,39-41,50-51,53,55-56H,5-19,24-26H2,1-4H3/t28-,30-,33+,34+,36+,37-,39-,40+,41-,43-,44-,45-,46-,47+,48-/m1/s1. The quantitative estimate of drug-likeness (QED) is 0.153. The first-order chi connectivity index (χ1) is 28.1. The topological polar surface area (TPSA) is 151 Å². The maximum absolute atomic E-state index is 15.5. The number of aromatic hydroxyl groups is 1. The van der Waals surface area contributed by atoms with Crippen molar-refractivity contribution in [2.45, 2.75) is 160 Å². The molecule has 1 aromatic rings. The Hall–Kier alpha value is -1.60. The number of epoxide rings is 1. The molecular formula is C48H67NO8S2. The number of carbonyl (C=O) groups is 2. The predicted octanol–water partition coefficient (Wildman–Crippen LogP) is 7.39. The molecule has 5 saturated carbocycles. The Kier molecular flexibility index (Phi) is 9.97. The number of allylic oxidation sites excluding steroid dienone is 1. The number of carbonyl (C=O) groups excluding carboxylic acids is 2. The van der Waals surface area contributed by atoms with Crippen LogP contribution in [0.1, 0.15) is 123 Å². The van der Waals surface area contributed by atoms with E-state index in [2.05, 4.69) is 26.8 Å². The van der Waals surface area contributed by atoms with Gasteiger partial charge in [-0.1, -0.05) is 61.6 Å². The summed E-state index contributed by atoms with van der Waals surface area (Å²) in [7, 11) is 3.50. The van der Waals surface area contributed by atoms with Gasteiger partial charge in [-0.2, -0.15) is 0 Å². The van der Waals surface area contributed by atoms with E-state index in [1.807, 2.05) is 17.9 Å². The van der Waals surface area contributed by atoms with E-state index in [-0.39, 0.29) is 59.2 Å². The van der Waals surface area contributed by atoms with Crippen molar-refractivity contribution in [3.05, 3.63) is 35.4 Å². The third-order valence-corrected chi connectivity index (χ3v) is 21.8. The second-order valence-corrected chi connectivity index (χ2v) is 24.1. The van der Waals surface area contributed by atoms with E-state index in [1.54, 1.807) is 33.7 Å². The SMILES string of the molecule is CC(C)[C@@H](C)[C@@H]1O[C@H]1[C@](C)(O)[C@H]1CC[C@@]2(O)C3=CC(=O)[C@@]45CSSC[C@H]6CCCC[C@@]67CCN(C7=O)c6cc(O)cc(c6)CC[C@@]12CC[C@@H]3[C@]41CCC[C@H]5[C@@H](O)[C@@H](O)C1. The molecule has 59 heavy (non-hydrogen) atoms. The molecule has 7 fully saturated rings. The van der Waals surface area contributed by atoms with Gasteiger partial charge in [-0.3, -0.25) is 9.59 Å². The van der Waals surface area contributed by atoms with Crippen LogP contribution in [0, 0.1) is 57.2 Å². The van der Waals surface area contributed by atoms with E-state index >= 15 is 4.79 Å². The number of fused-ring (bicyclic) bond motifs is 2. The van der Waals surface area contributed by atoms with Crippen LogP contribution in [-0.2, 0) is 20.7 Å². The summed E-state index contributed by atoms with van der Waals surface area (Å²) in [5.41, 5.74) is -2.96. The minimum atomic E-state index is -1.39. The molecule has 0 aromatic heterocycles. The average Bonchev–Trinajstić information content (AvgIpc) is 3.87. The molecule has 5 N–H and O–H groups in total. The summed E-state index contributed by atoms with van der Waals surface area (Å²) in [6, 6.07) is 5.58. The molecule has 12 rings (SSSR count). The summed E-state index contributed by atoms with van der Waals surface area (Å²) in [6.45, 7) is 9.09. The number of benzene rings is 1. The summed E-state index contributed by atoms with van der Waals surface area (Å²) < 4.78 is 6.38. The molecule has 3 spiro atoms. The molecule has 5 heterocycles. The van der Waals surface area contributed by atoms with Gasteiger partial charge in [0, 0.05) is 41.1 Å². The van der Waals surface area contributed by atoms with Crippen LogP contribution in [0.15, 0.2) is 29.8 Å². The lowest BCUT2D eigenvalue weighted by molar-refractivity contribution is -0.222. The normalized spacial score (nSPS) is 47.0. The first-order valence-electron chi connectivity index (χ1n) is 23.2. The van der Waals surface area contributed by atoms with E-state index < -0.39 is 45.1 Å². The largest absolute Gasteiger partial charge is 0.508 e. The van der Waals surface area contributed by atoms with E-state index in [1.165, 1.54) is 0 Å². The van der Waals surface area contributed by atoms with Gasteiger partial charge in [0.15, 0.2) is 5.78 Å². The van der Waals surface area contributed by atoms with E-state index in [9.17, 15) is 30.3 Å². The summed E-state index contributed by atoms with van der Waals surface area (Å²) in [6.07, 6.45) is 10.3. The van der Waals surface area contributed by atoms with Crippen LogP contribution in [0.3, 0.4) is 0 Å². The summed E-state index contributed by atoms with van der Waals surface area (Å²) in [5, 5.41) is 61.4. The van der Waals surface area contributed by atoms with Gasteiger partial charge in [0.1, 0.15) is 11.9 Å². The van der Waals surface area contributed by atoms with E-state index in [0.717, 1.165) is 73.9 Å². The molecule has 1 amide bonds. The van der Waals surface area contributed by atoms with Crippen LogP contribution in [0.4, 0.5) is 5.69 Å². The van der Waals surface area contributed by atoms with Gasteiger partial charge in [0.25, 0.3) is 0 Å². The van der Waals surface area contributed by atoms with Gasteiger partial charge < -0.3 is 35.2 Å². The zero-order valence-corrected chi connectivity index (χ0v) is 37.2. The second kappa shape index (κ2) is 14.2. The van der Waals surface area contributed by atoms with Crippen LogP contribution in [0.5, 0.6) is 5.75 Å². The number of aliphatic hydroxyl groups is 4. The zero-order valence-electron chi connectivity index (χ0n) is 35.5. The maximum atomic E-state index is 15.5. The predicted molar refractivity (Wildman–Crippen MR) is 231 cm³/mol. The molecule has 10 bridgehead atoms. The fourth-order valence-corrected chi connectivity index (χ4v) is 19.2. The lowest BCUT2D eigenvalue weighted by atomic mass is 9.35. The number of phenolic OH excluding ortho intramolecular Hbond substituents is 1. The van der Waals surface area contributed by atoms with Crippen molar-refractivity contribution >= 4 is 39.0 Å². The molecule has 15 atom stereocenters. The maximum Gasteiger partial charge on any atom is 0.233 e. The van der Waals surface area contributed by atoms with Crippen molar-refractivity contribution in [2.75, 3.05) is 23.0 Å². The monoisotopic (exact) mass is 849 g/mol. The Bertz CT molecular complexity index is 1920. The highest BCUT2D eigenvalue weighted by Gasteiger charge is 2.77. The number of phenols is 1. The molecule has 11 aliphatic rings. The highest BCUT2D eigenvalue weighted by atomic mass is 33.1. The van der Waals surface area contributed by atoms with Crippen molar-refractivity contribution in [2.24, 2.45) is 57.2 Å². The van der Waals surface area contributed by atoms with Crippen molar-refractivity contribution in [3.8, 4) is 5.75 Å². The molecule has 6 aliphatic carbocycles. The second-order valence-electron chi connectivity index (χ2n) is 21.6. The molecule has 11 heteroatoms. The lowest BCUT2D eigenvalue weighted by Gasteiger charge is -2.69. The lowest BCUT2D eigenvalue weighted by Crippen LogP contribution is -2.72. The van der Waals surface area contributed by atoms with Crippen molar-refractivity contribution < 1.29 is 39.9 Å². The molecule has 1 aromatic carbocycles. The van der Waals surface area contributed by atoms with Crippen LogP contribution < -0.4 is 4.90 Å². The van der Waals surface area contributed by atoms with Gasteiger partial charge >= 0.3 is 0 Å². The Morgan fingerprint density at radius 1 is 0.915 bits per heavy atom. The minimum absolute atomic E-state index is 0.00503. The highest BCUT2D eigenvalue weighted by molar-refractivity contribution is 8.76. The number of ketones is 1. The molecule has 2 saturated heterocycles. The van der Waals surface area contributed by atoms with Gasteiger partial charge in [-0.25, -0.2) is 0 Å². The van der Waals surface area contributed by atoms with Crippen molar-refractivity contribution in [1.29, 1.82) is 0 Å². The molecular weight excluding hydrogens is 783 g/mol. The summed E-state index contributed by atoms with van der Waals surface area (Å²) >= 11 is 0. The van der Waals surface area contributed by atoms with Gasteiger partial charge in [-0.15, -0.1) is 0 Å². The minimum Gasteiger partial charge on any atom is -0.508 e. The fourth-order valence-electron chi connectivity index (χ4n) is 16.0. The molecule has 0 radical (unpaired) electrons. The highest BCUT2D eigenvalue weighted by Crippen LogP contribution is 2.76. The third kappa shape index (κ3) is 5.62. The number of aliphatic hydroxyl groups excluding tert-OH is 2. The Morgan fingerprint density at radius 2 is 1.73 bits per heavy atom. The van der Waals surface area contributed by atoms with Crippen LogP contribution in [-0.4, -0.2) is 90.9 Å². The number of hydrogen-bond acceptors (Lipinski definition) is 10. The van der Waals surface area contributed by atoms with E-state index in [0.29, 0.717) is 63.2 Å². The summed E-state index contributed by atoms with van der Waals surface area (Å²) in [5.74, 6) is 1.62. The number of rotatable bonds is 4. The summed E-state index contributed by atoms with van der Waals surface area (Å²) in [4.78, 5) is 32.1. The third-order valence-electron chi connectivity index (χ3n) is 19.3. The smallest absolute Gasteiger partial charge is 0.233 e.